The average molecular weight is 404 g/mol. The Morgan fingerprint density at radius 1 is 1.07 bits per heavy atom. The van der Waals surface area contributed by atoms with Gasteiger partial charge in [0.2, 0.25) is 0 Å². The molecule has 0 unspecified atom stereocenters. The van der Waals surface area contributed by atoms with Crippen molar-refractivity contribution in [2.24, 2.45) is 23.2 Å². The van der Waals surface area contributed by atoms with E-state index in [0.717, 1.165) is 23.3 Å². The number of nitrogens with zero attached hydrogens (tertiary/aromatic N) is 3. The number of carbonyl (C=O) groups excluding carboxylic acids is 1. The zero-order valence-electron chi connectivity index (χ0n) is 15.2. The summed E-state index contributed by atoms with van der Waals surface area (Å²) >= 11 is 12.1. The fourth-order valence-corrected chi connectivity index (χ4v) is 6.62. The molecule has 0 radical (unpaired) electrons. The molecule has 4 nitrogen and oxygen atoms in total. The molecule has 1 heterocycles. The summed E-state index contributed by atoms with van der Waals surface area (Å²) in [4.78, 5) is 12.8. The van der Waals surface area contributed by atoms with Gasteiger partial charge in [-0.2, -0.15) is 0 Å². The molecule has 142 valence electrons. The number of Topliss-reactive ketones (excluding diaryl/α,β-unsaturated/α-hetero) is 1. The van der Waals surface area contributed by atoms with E-state index in [1.165, 1.54) is 38.5 Å². The Bertz CT molecular complexity index is 856. The Morgan fingerprint density at radius 2 is 1.74 bits per heavy atom. The van der Waals surface area contributed by atoms with Crippen molar-refractivity contribution in [2.75, 3.05) is 0 Å². The highest BCUT2D eigenvalue weighted by molar-refractivity contribution is 6.42. The van der Waals surface area contributed by atoms with E-state index in [0.29, 0.717) is 28.7 Å². The third-order valence-electron chi connectivity index (χ3n) is 6.83. The minimum atomic E-state index is 0.277. The van der Waals surface area contributed by atoms with Crippen molar-refractivity contribution in [3.63, 3.8) is 0 Å². The Hall–Kier alpha value is -1.39. The van der Waals surface area contributed by atoms with Crippen LogP contribution in [0.4, 0.5) is 0 Å². The molecule has 4 fully saturated rings. The number of carbonyl (C=O) groups is 1. The standard InChI is InChI=1S/C21H23Cl2N3O/c22-18-2-1-16(6-19(18)23)20-12-26(25-24-20)11-17(27)10-21-7-13-3-14(8-21)5-15(4-13)9-21/h1-2,6,12-15H,3-5,7-11H2. The quantitative estimate of drug-likeness (QED) is 0.668. The number of aromatic nitrogens is 3. The first-order valence-corrected chi connectivity index (χ1v) is 10.6. The van der Waals surface area contributed by atoms with Crippen LogP contribution in [0.25, 0.3) is 11.3 Å². The Balaban J connectivity index is 1.27. The van der Waals surface area contributed by atoms with E-state index in [1.54, 1.807) is 16.8 Å². The number of hydrogen-bond donors (Lipinski definition) is 0. The van der Waals surface area contributed by atoms with Crippen molar-refractivity contribution in [1.82, 2.24) is 15.0 Å². The van der Waals surface area contributed by atoms with Gasteiger partial charge in [0.15, 0.2) is 5.78 Å². The average Bonchev–Trinajstić information content (AvgIpc) is 3.03. The number of benzene rings is 1. The van der Waals surface area contributed by atoms with Crippen molar-refractivity contribution in [3.8, 4) is 11.3 Å². The van der Waals surface area contributed by atoms with Gasteiger partial charge in [-0.15, -0.1) is 5.10 Å². The fraction of sp³-hybridized carbons (Fsp3) is 0.571. The molecule has 0 spiro atoms. The van der Waals surface area contributed by atoms with Gasteiger partial charge >= 0.3 is 0 Å². The highest BCUT2D eigenvalue weighted by Gasteiger charge is 2.51. The molecule has 6 heteroatoms. The van der Waals surface area contributed by atoms with E-state index in [-0.39, 0.29) is 11.2 Å². The predicted molar refractivity (Wildman–Crippen MR) is 106 cm³/mol. The van der Waals surface area contributed by atoms with Crippen LogP contribution in [-0.2, 0) is 11.3 Å². The largest absolute Gasteiger partial charge is 0.298 e. The highest BCUT2D eigenvalue weighted by Crippen LogP contribution is 2.61. The minimum absolute atomic E-state index is 0.277. The molecule has 0 atom stereocenters. The monoisotopic (exact) mass is 403 g/mol. The lowest BCUT2D eigenvalue weighted by atomic mass is 9.48. The van der Waals surface area contributed by atoms with Crippen LogP contribution in [0.3, 0.4) is 0 Å². The molecule has 0 aliphatic heterocycles. The topological polar surface area (TPSA) is 47.8 Å². The SMILES string of the molecule is O=C(Cn1cc(-c2ccc(Cl)c(Cl)c2)nn1)CC12CC3CC(CC(C3)C1)C2. The van der Waals surface area contributed by atoms with Crippen molar-refractivity contribution in [3.05, 3.63) is 34.4 Å². The summed E-state index contributed by atoms with van der Waals surface area (Å²) < 4.78 is 1.65. The second-order valence-corrected chi connectivity index (χ2v) is 9.88. The Labute approximate surface area is 169 Å². The molecule has 4 saturated carbocycles. The first-order valence-electron chi connectivity index (χ1n) is 9.85. The summed E-state index contributed by atoms with van der Waals surface area (Å²) in [6.07, 6.45) is 10.5. The number of ketones is 1. The maximum atomic E-state index is 12.8. The molecule has 27 heavy (non-hydrogen) atoms. The molecule has 0 N–H and O–H groups in total. The van der Waals surface area contributed by atoms with E-state index in [4.69, 9.17) is 23.2 Å². The van der Waals surface area contributed by atoms with Crippen LogP contribution in [0.1, 0.15) is 44.9 Å². The van der Waals surface area contributed by atoms with Crippen LogP contribution in [0, 0.1) is 23.2 Å². The molecule has 6 rings (SSSR count). The number of hydrogen-bond acceptors (Lipinski definition) is 3. The van der Waals surface area contributed by atoms with Gasteiger partial charge in [-0.3, -0.25) is 4.79 Å². The van der Waals surface area contributed by atoms with Gasteiger partial charge < -0.3 is 0 Å². The Kier molecular flexibility index (Phi) is 4.32. The van der Waals surface area contributed by atoms with E-state index in [1.807, 2.05) is 12.3 Å². The van der Waals surface area contributed by atoms with Gasteiger partial charge in [-0.25, -0.2) is 4.68 Å². The lowest BCUT2D eigenvalue weighted by molar-refractivity contribution is -0.128. The van der Waals surface area contributed by atoms with Gasteiger partial charge in [-0.1, -0.05) is 34.5 Å². The van der Waals surface area contributed by atoms with Crippen LogP contribution in [0.5, 0.6) is 0 Å². The summed E-state index contributed by atoms with van der Waals surface area (Å²) in [6, 6.07) is 5.38. The third-order valence-corrected chi connectivity index (χ3v) is 7.57. The number of rotatable bonds is 5. The van der Waals surface area contributed by atoms with Gasteiger partial charge in [0.25, 0.3) is 0 Å². The molecule has 4 bridgehead atoms. The van der Waals surface area contributed by atoms with E-state index in [2.05, 4.69) is 10.3 Å². The fourth-order valence-electron chi connectivity index (χ4n) is 6.32. The zero-order chi connectivity index (χ0) is 18.6. The van der Waals surface area contributed by atoms with Gasteiger partial charge in [0.1, 0.15) is 12.2 Å². The van der Waals surface area contributed by atoms with Crippen LogP contribution < -0.4 is 0 Å². The molecular weight excluding hydrogens is 381 g/mol. The highest BCUT2D eigenvalue weighted by atomic mass is 35.5. The molecule has 4 aliphatic rings. The van der Waals surface area contributed by atoms with Crippen molar-refractivity contribution in [1.29, 1.82) is 0 Å². The van der Waals surface area contributed by atoms with Crippen LogP contribution in [0.2, 0.25) is 10.0 Å². The van der Waals surface area contributed by atoms with E-state index < -0.39 is 0 Å². The normalized spacial score (nSPS) is 31.4. The third kappa shape index (κ3) is 3.42. The van der Waals surface area contributed by atoms with Crippen LogP contribution in [0.15, 0.2) is 24.4 Å². The predicted octanol–water partition coefficient (Wildman–Crippen LogP) is 5.43. The van der Waals surface area contributed by atoms with Crippen LogP contribution >= 0.6 is 23.2 Å². The smallest absolute Gasteiger partial charge is 0.154 e. The second kappa shape index (κ2) is 6.59. The maximum Gasteiger partial charge on any atom is 0.154 e. The molecule has 0 saturated heterocycles. The summed E-state index contributed by atoms with van der Waals surface area (Å²) in [5.74, 6) is 2.90. The Morgan fingerprint density at radius 3 is 2.37 bits per heavy atom. The minimum Gasteiger partial charge on any atom is -0.298 e. The van der Waals surface area contributed by atoms with Crippen molar-refractivity contribution >= 4 is 29.0 Å². The van der Waals surface area contributed by atoms with Gasteiger partial charge in [0, 0.05) is 12.0 Å². The first kappa shape index (κ1) is 17.7. The summed E-state index contributed by atoms with van der Waals surface area (Å²) in [5.41, 5.74) is 1.83. The maximum absolute atomic E-state index is 12.8. The lowest BCUT2D eigenvalue weighted by Crippen LogP contribution is -2.47. The first-order chi connectivity index (χ1) is 13.0. The summed E-state index contributed by atoms with van der Waals surface area (Å²) in [5, 5.41) is 9.34. The molecule has 2 aromatic rings. The van der Waals surface area contributed by atoms with Crippen molar-refractivity contribution in [2.45, 2.75) is 51.5 Å². The molecule has 0 amide bonds. The lowest BCUT2D eigenvalue weighted by Gasteiger charge is -2.56. The summed E-state index contributed by atoms with van der Waals surface area (Å²) in [7, 11) is 0. The number of halogens is 2. The molecule has 1 aromatic heterocycles. The molecular formula is C21H23Cl2N3O. The molecule has 1 aromatic carbocycles. The summed E-state index contributed by atoms with van der Waals surface area (Å²) in [6.45, 7) is 0.302. The van der Waals surface area contributed by atoms with Crippen molar-refractivity contribution < 1.29 is 4.79 Å². The zero-order valence-corrected chi connectivity index (χ0v) is 16.7. The van der Waals surface area contributed by atoms with E-state index in [9.17, 15) is 4.79 Å². The second-order valence-electron chi connectivity index (χ2n) is 9.06. The van der Waals surface area contributed by atoms with Gasteiger partial charge in [0.05, 0.1) is 16.2 Å². The molecule has 4 aliphatic carbocycles. The van der Waals surface area contributed by atoms with Crippen LogP contribution in [-0.4, -0.2) is 20.8 Å². The van der Waals surface area contributed by atoms with E-state index >= 15 is 0 Å². The van der Waals surface area contributed by atoms with Gasteiger partial charge in [-0.05, 0) is 73.8 Å².